The van der Waals surface area contributed by atoms with Crippen molar-refractivity contribution in [3.05, 3.63) is 30.2 Å². The zero-order valence-corrected chi connectivity index (χ0v) is 9.32. The van der Waals surface area contributed by atoms with Crippen LogP contribution in [0.15, 0.2) is 24.4 Å². The van der Waals surface area contributed by atoms with Gasteiger partial charge in [-0.25, -0.2) is 0 Å². The van der Waals surface area contributed by atoms with Gasteiger partial charge in [0.05, 0.1) is 13.1 Å². The van der Waals surface area contributed by atoms with Crippen LogP contribution in [-0.4, -0.2) is 43.0 Å². The van der Waals surface area contributed by atoms with Gasteiger partial charge in [0.25, 0.3) is 0 Å². The molecule has 2 N–H and O–H groups in total. The molecule has 2 aromatic rings. The van der Waals surface area contributed by atoms with Gasteiger partial charge in [0.1, 0.15) is 5.69 Å². The number of hydrogen-bond donors (Lipinski definition) is 2. The Morgan fingerprint density at radius 1 is 1.22 bits per heavy atom. The Labute approximate surface area is 102 Å². The van der Waals surface area contributed by atoms with Gasteiger partial charge in [-0.3, -0.25) is 15.1 Å². The molecular weight excluding hydrogens is 236 g/mol. The molecule has 0 radical (unpaired) electrons. The van der Waals surface area contributed by atoms with E-state index in [9.17, 15) is 4.79 Å². The number of nitrogens with one attached hydrogen (secondary N) is 1. The number of carboxylic acid groups (broad SMARTS) is 1. The highest BCUT2D eigenvalue weighted by Crippen LogP contribution is 2.06. The van der Waals surface area contributed by atoms with E-state index in [0.717, 1.165) is 0 Å². The fourth-order valence-corrected chi connectivity index (χ4v) is 1.20. The lowest BCUT2D eigenvalue weighted by Crippen LogP contribution is -2.23. The molecule has 0 saturated heterocycles. The Hall–Kier alpha value is -2.48. The summed E-state index contributed by atoms with van der Waals surface area (Å²) in [5, 5.41) is 26.5. The predicted molar refractivity (Wildman–Crippen MR) is 60.2 cm³/mol. The summed E-state index contributed by atoms with van der Waals surface area (Å²) in [4.78, 5) is 14.4. The zero-order valence-electron chi connectivity index (χ0n) is 9.32. The summed E-state index contributed by atoms with van der Waals surface area (Å²) in [6.45, 7) is 0.0418. The van der Waals surface area contributed by atoms with Gasteiger partial charge in [-0.1, -0.05) is 6.07 Å². The van der Waals surface area contributed by atoms with E-state index in [2.05, 4.69) is 30.7 Å². The van der Waals surface area contributed by atoms with Crippen molar-refractivity contribution in [2.75, 3.05) is 6.54 Å². The van der Waals surface area contributed by atoms with E-state index in [1.165, 1.54) is 0 Å². The molecule has 0 saturated carbocycles. The first-order valence-corrected chi connectivity index (χ1v) is 5.16. The summed E-state index contributed by atoms with van der Waals surface area (Å²) < 4.78 is 0. The quantitative estimate of drug-likeness (QED) is 0.725. The lowest BCUT2D eigenvalue weighted by molar-refractivity contribution is -0.136. The second-order valence-electron chi connectivity index (χ2n) is 3.35. The fourth-order valence-electron chi connectivity index (χ4n) is 1.20. The molecule has 0 unspecified atom stereocenters. The molecule has 8 heteroatoms. The molecular formula is C10H10N6O2. The number of aromatic nitrogens is 5. The number of rotatable bonds is 5. The molecule has 0 aliphatic rings. The fraction of sp³-hybridized carbons (Fsp3) is 0.200. The SMILES string of the molecule is O=C(O)CNCc1nnc(-c2ccccn2)nn1. The van der Waals surface area contributed by atoms with Crippen molar-refractivity contribution < 1.29 is 9.90 Å². The number of pyridine rings is 1. The molecule has 0 aromatic carbocycles. The van der Waals surface area contributed by atoms with Crippen molar-refractivity contribution in [3.8, 4) is 11.5 Å². The summed E-state index contributed by atoms with van der Waals surface area (Å²) in [5.41, 5.74) is 0.586. The van der Waals surface area contributed by atoms with Crippen molar-refractivity contribution in [2.24, 2.45) is 0 Å². The predicted octanol–water partition coefficient (Wildman–Crippen LogP) is -0.497. The Kier molecular flexibility index (Phi) is 3.82. The van der Waals surface area contributed by atoms with Gasteiger partial charge in [-0.05, 0) is 12.1 Å². The van der Waals surface area contributed by atoms with Gasteiger partial charge in [0.15, 0.2) is 5.82 Å². The van der Waals surface area contributed by atoms with Gasteiger partial charge >= 0.3 is 5.97 Å². The maximum absolute atomic E-state index is 10.3. The van der Waals surface area contributed by atoms with Crippen LogP contribution in [0, 0.1) is 0 Å². The van der Waals surface area contributed by atoms with Crippen LogP contribution in [0.25, 0.3) is 11.5 Å². The number of nitrogens with zero attached hydrogens (tertiary/aromatic N) is 5. The lowest BCUT2D eigenvalue weighted by Gasteiger charge is -2.00. The van der Waals surface area contributed by atoms with E-state index in [4.69, 9.17) is 5.11 Å². The smallest absolute Gasteiger partial charge is 0.317 e. The minimum absolute atomic E-state index is 0.161. The average Bonchev–Trinajstić information content (AvgIpc) is 2.40. The van der Waals surface area contributed by atoms with Crippen LogP contribution in [0.1, 0.15) is 5.82 Å². The Morgan fingerprint density at radius 3 is 2.61 bits per heavy atom. The Morgan fingerprint density at radius 2 is 2.00 bits per heavy atom. The van der Waals surface area contributed by atoms with Crippen molar-refractivity contribution >= 4 is 5.97 Å². The molecule has 0 fully saturated rings. The van der Waals surface area contributed by atoms with Crippen molar-refractivity contribution in [2.45, 2.75) is 6.54 Å². The van der Waals surface area contributed by atoms with E-state index in [1.54, 1.807) is 18.3 Å². The average molecular weight is 246 g/mol. The number of carboxylic acids is 1. The molecule has 2 aromatic heterocycles. The van der Waals surface area contributed by atoms with Gasteiger partial charge in [-0.2, -0.15) is 0 Å². The summed E-state index contributed by atoms with van der Waals surface area (Å²) >= 11 is 0. The second-order valence-corrected chi connectivity index (χ2v) is 3.35. The summed E-state index contributed by atoms with van der Waals surface area (Å²) in [6.07, 6.45) is 1.63. The third-order valence-corrected chi connectivity index (χ3v) is 1.97. The third-order valence-electron chi connectivity index (χ3n) is 1.97. The minimum atomic E-state index is -0.943. The molecule has 2 heterocycles. The topological polar surface area (TPSA) is 114 Å². The van der Waals surface area contributed by atoms with Gasteiger partial charge in [0.2, 0.25) is 5.82 Å². The van der Waals surface area contributed by atoms with Crippen molar-refractivity contribution in [1.29, 1.82) is 0 Å². The van der Waals surface area contributed by atoms with Crippen LogP contribution in [0.2, 0.25) is 0 Å². The highest BCUT2D eigenvalue weighted by atomic mass is 16.4. The molecule has 0 atom stereocenters. The van der Waals surface area contributed by atoms with E-state index in [1.807, 2.05) is 6.07 Å². The first-order chi connectivity index (χ1) is 8.75. The summed E-state index contributed by atoms with van der Waals surface area (Å²) in [6, 6.07) is 5.35. The largest absolute Gasteiger partial charge is 0.480 e. The highest BCUT2D eigenvalue weighted by Gasteiger charge is 2.05. The zero-order chi connectivity index (χ0) is 12.8. The second kappa shape index (κ2) is 5.73. The Bertz CT molecular complexity index is 516. The molecule has 0 spiro atoms. The van der Waals surface area contributed by atoms with Crippen molar-refractivity contribution in [3.63, 3.8) is 0 Å². The molecule has 8 nitrogen and oxygen atoms in total. The maximum Gasteiger partial charge on any atom is 0.317 e. The Balaban J connectivity index is 2.00. The number of aliphatic carboxylic acids is 1. The molecule has 0 amide bonds. The van der Waals surface area contributed by atoms with Gasteiger partial charge in [0, 0.05) is 6.20 Å². The van der Waals surface area contributed by atoms with E-state index in [0.29, 0.717) is 17.3 Å². The lowest BCUT2D eigenvalue weighted by atomic mass is 10.3. The normalized spacial score (nSPS) is 10.2. The molecule has 0 aliphatic heterocycles. The highest BCUT2D eigenvalue weighted by molar-refractivity contribution is 5.68. The molecule has 2 rings (SSSR count). The maximum atomic E-state index is 10.3. The summed E-state index contributed by atoms with van der Waals surface area (Å²) in [7, 11) is 0. The molecule has 18 heavy (non-hydrogen) atoms. The van der Waals surface area contributed by atoms with Crippen LogP contribution >= 0.6 is 0 Å². The monoisotopic (exact) mass is 246 g/mol. The van der Waals surface area contributed by atoms with Crippen molar-refractivity contribution in [1.82, 2.24) is 30.7 Å². The molecule has 0 aliphatic carbocycles. The number of hydrogen-bond acceptors (Lipinski definition) is 7. The van der Waals surface area contributed by atoms with Crippen LogP contribution < -0.4 is 5.32 Å². The van der Waals surface area contributed by atoms with Crippen LogP contribution in [-0.2, 0) is 11.3 Å². The summed E-state index contributed by atoms with van der Waals surface area (Å²) in [5.74, 6) is -0.283. The van der Waals surface area contributed by atoms with E-state index in [-0.39, 0.29) is 13.1 Å². The molecule has 0 bridgehead atoms. The first kappa shape index (κ1) is 12.0. The standard InChI is InChI=1S/C10H10N6O2/c17-9(18)6-11-5-8-13-15-10(16-14-8)7-3-1-2-4-12-7/h1-4,11H,5-6H2,(H,17,18). The van der Waals surface area contributed by atoms with Gasteiger partial charge < -0.3 is 5.11 Å². The van der Waals surface area contributed by atoms with Crippen LogP contribution in [0.4, 0.5) is 0 Å². The third kappa shape index (κ3) is 3.25. The van der Waals surface area contributed by atoms with Crippen LogP contribution in [0.5, 0.6) is 0 Å². The molecule has 92 valence electrons. The first-order valence-electron chi connectivity index (χ1n) is 5.16. The minimum Gasteiger partial charge on any atom is -0.480 e. The number of carbonyl (C=O) groups is 1. The van der Waals surface area contributed by atoms with E-state index < -0.39 is 5.97 Å². The van der Waals surface area contributed by atoms with E-state index >= 15 is 0 Å². The van der Waals surface area contributed by atoms with Gasteiger partial charge in [-0.15, -0.1) is 20.4 Å². The van der Waals surface area contributed by atoms with Crippen LogP contribution in [0.3, 0.4) is 0 Å².